The highest BCUT2D eigenvalue weighted by Crippen LogP contribution is 2.32. The molecule has 9 nitrogen and oxygen atoms in total. The molecule has 1 atom stereocenters. The first-order valence-corrected chi connectivity index (χ1v) is 10.8. The summed E-state index contributed by atoms with van der Waals surface area (Å²) in [5, 5.41) is 20.8. The van der Waals surface area contributed by atoms with E-state index in [1.54, 1.807) is 38.6 Å². The van der Waals surface area contributed by atoms with Gasteiger partial charge in [-0.25, -0.2) is 9.78 Å². The number of aromatic nitrogens is 2. The topological polar surface area (TPSA) is 118 Å². The molecule has 0 saturated carbocycles. The van der Waals surface area contributed by atoms with Gasteiger partial charge in [0.05, 0.1) is 23.9 Å². The van der Waals surface area contributed by atoms with Crippen molar-refractivity contribution >= 4 is 49.4 Å². The van der Waals surface area contributed by atoms with Crippen molar-refractivity contribution < 1.29 is 19.4 Å². The standard InChI is InChI=1S/C23H19N5O4S/c1-24-22-25-17-9-13(3-6-18(17)33-22)7-8-23(20(30)26-21(31)27-23)12-28-11-14-4-5-15(32-2)10-16(14)19(28)29/h3-6,9-11,29H,12H2,1-2H3,(H,24,25)(H2,26,27,30,31)/t23-/m1/s1. The number of nitrogens with zero attached hydrogens (tertiary/aromatic N) is 2. The van der Waals surface area contributed by atoms with Crippen molar-refractivity contribution in [2.24, 2.45) is 0 Å². The van der Waals surface area contributed by atoms with Gasteiger partial charge in [-0.05, 0) is 36.4 Å². The van der Waals surface area contributed by atoms with Crippen molar-refractivity contribution in [3.8, 4) is 23.5 Å². The summed E-state index contributed by atoms with van der Waals surface area (Å²) < 4.78 is 7.72. The number of ether oxygens (including phenoxy) is 1. The van der Waals surface area contributed by atoms with Crippen LogP contribution in [0.1, 0.15) is 5.56 Å². The fourth-order valence-electron chi connectivity index (χ4n) is 3.75. The van der Waals surface area contributed by atoms with Crippen LogP contribution in [0.4, 0.5) is 9.93 Å². The van der Waals surface area contributed by atoms with Gasteiger partial charge in [-0.1, -0.05) is 23.2 Å². The Morgan fingerprint density at radius 2 is 2.12 bits per heavy atom. The fraction of sp³-hybridized carbons (Fsp3) is 0.174. The summed E-state index contributed by atoms with van der Waals surface area (Å²) >= 11 is 1.53. The number of fused-ring (bicyclic) bond motifs is 2. The molecule has 4 aromatic rings. The van der Waals surface area contributed by atoms with E-state index in [0.29, 0.717) is 16.7 Å². The number of methoxy groups -OCH3 is 1. The van der Waals surface area contributed by atoms with E-state index in [4.69, 9.17) is 4.74 Å². The third-order valence-electron chi connectivity index (χ3n) is 5.44. The van der Waals surface area contributed by atoms with E-state index < -0.39 is 17.5 Å². The van der Waals surface area contributed by atoms with Crippen LogP contribution in [-0.4, -0.2) is 46.3 Å². The maximum atomic E-state index is 12.8. The molecule has 0 aliphatic carbocycles. The molecule has 3 amide bonds. The maximum absolute atomic E-state index is 12.8. The molecule has 0 spiro atoms. The monoisotopic (exact) mass is 461 g/mol. The minimum Gasteiger partial charge on any atom is -0.497 e. The van der Waals surface area contributed by atoms with Crippen LogP contribution in [0.2, 0.25) is 0 Å². The highest BCUT2D eigenvalue weighted by molar-refractivity contribution is 7.22. The van der Waals surface area contributed by atoms with Crippen LogP contribution < -0.4 is 20.7 Å². The molecule has 33 heavy (non-hydrogen) atoms. The molecule has 3 heterocycles. The average Bonchev–Trinajstić information content (AvgIpc) is 3.45. The van der Waals surface area contributed by atoms with Gasteiger partial charge in [-0.3, -0.25) is 10.1 Å². The van der Waals surface area contributed by atoms with Gasteiger partial charge in [0.2, 0.25) is 5.54 Å². The minimum absolute atomic E-state index is 0.0532. The lowest BCUT2D eigenvalue weighted by Gasteiger charge is -2.20. The number of hydrogen-bond donors (Lipinski definition) is 4. The first-order chi connectivity index (χ1) is 15.9. The normalized spacial score (nSPS) is 17.5. The maximum Gasteiger partial charge on any atom is 0.323 e. The van der Waals surface area contributed by atoms with E-state index in [1.165, 1.54) is 15.9 Å². The van der Waals surface area contributed by atoms with Crippen LogP contribution in [0.15, 0.2) is 42.6 Å². The summed E-state index contributed by atoms with van der Waals surface area (Å²) in [6, 6.07) is 10.2. The molecule has 1 fully saturated rings. The highest BCUT2D eigenvalue weighted by Gasteiger charge is 2.46. The number of urea groups is 1. The molecule has 0 bridgehead atoms. The zero-order valence-corrected chi connectivity index (χ0v) is 18.5. The van der Waals surface area contributed by atoms with Gasteiger partial charge in [0.1, 0.15) is 5.75 Å². The van der Waals surface area contributed by atoms with E-state index in [9.17, 15) is 14.7 Å². The fourth-order valence-corrected chi connectivity index (χ4v) is 4.55. The minimum atomic E-state index is -1.55. The number of benzene rings is 2. The lowest BCUT2D eigenvalue weighted by Crippen LogP contribution is -2.49. The van der Waals surface area contributed by atoms with E-state index in [-0.39, 0.29) is 12.4 Å². The zero-order chi connectivity index (χ0) is 23.2. The van der Waals surface area contributed by atoms with Gasteiger partial charge in [0, 0.05) is 29.6 Å². The lowest BCUT2D eigenvalue weighted by molar-refractivity contribution is -0.122. The van der Waals surface area contributed by atoms with Crippen molar-refractivity contribution in [2.45, 2.75) is 12.1 Å². The van der Waals surface area contributed by atoms with Gasteiger partial charge >= 0.3 is 6.03 Å². The van der Waals surface area contributed by atoms with Gasteiger partial charge in [0.15, 0.2) is 11.0 Å². The molecule has 2 aromatic carbocycles. The number of imide groups is 1. The first kappa shape index (κ1) is 20.7. The Hall–Kier alpha value is -4.23. The van der Waals surface area contributed by atoms with Crippen LogP contribution in [0.3, 0.4) is 0 Å². The van der Waals surface area contributed by atoms with Gasteiger partial charge in [-0.2, -0.15) is 0 Å². The van der Waals surface area contributed by atoms with Crippen molar-refractivity contribution in [1.82, 2.24) is 20.2 Å². The summed E-state index contributed by atoms with van der Waals surface area (Å²) in [5.41, 5.74) is -0.121. The average molecular weight is 462 g/mol. The van der Waals surface area contributed by atoms with Crippen LogP contribution in [-0.2, 0) is 11.3 Å². The second kappa shape index (κ2) is 7.72. The highest BCUT2D eigenvalue weighted by atomic mass is 32.1. The smallest absolute Gasteiger partial charge is 0.323 e. The number of rotatable bonds is 4. The Labute approximate surface area is 192 Å². The number of carbonyl (C=O) groups excluding carboxylic acids is 2. The molecule has 5 rings (SSSR count). The third-order valence-corrected chi connectivity index (χ3v) is 6.49. The Morgan fingerprint density at radius 3 is 2.85 bits per heavy atom. The van der Waals surface area contributed by atoms with E-state index in [1.807, 2.05) is 18.2 Å². The predicted molar refractivity (Wildman–Crippen MR) is 126 cm³/mol. The van der Waals surface area contributed by atoms with Crippen LogP contribution in [0.25, 0.3) is 21.0 Å². The molecule has 0 radical (unpaired) electrons. The predicted octanol–water partition coefficient (Wildman–Crippen LogP) is 2.64. The SMILES string of the molecule is CNc1nc2cc(C#C[C@]3(Cn4cc5ccc(OC)cc5c4O)NC(=O)NC3=O)ccc2s1. The molecule has 1 aliphatic rings. The number of hydrogen-bond acceptors (Lipinski definition) is 7. The van der Waals surface area contributed by atoms with Crippen molar-refractivity contribution in [2.75, 3.05) is 19.5 Å². The van der Waals surface area contributed by atoms with Gasteiger partial charge in [0.25, 0.3) is 5.91 Å². The van der Waals surface area contributed by atoms with Crippen molar-refractivity contribution in [3.63, 3.8) is 0 Å². The summed E-state index contributed by atoms with van der Waals surface area (Å²) in [6.07, 6.45) is 1.70. The van der Waals surface area contributed by atoms with Crippen LogP contribution in [0.5, 0.6) is 11.6 Å². The summed E-state index contributed by atoms with van der Waals surface area (Å²) in [4.78, 5) is 29.3. The number of thiazole rings is 1. The summed E-state index contributed by atoms with van der Waals surface area (Å²) in [6.45, 7) is -0.0801. The molecular weight excluding hydrogens is 442 g/mol. The van der Waals surface area contributed by atoms with E-state index in [0.717, 1.165) is 20.7 Å². The Bertz CT molecular complexity index is 1500. The number of carbonyl (C=O) groups is 2. The van der Waals surface area contributed by atoms with Crippen LogP contribution in [0, 0.1) is 11.8 Å². The molecular formula is C23H19N5O4S. The molecule has 166 valence electrons. The first-order valence-electron chi connectivity index (χ1n) is 10.0. The Morgan fingerprint density at radius 1 is 1.27 bits per heavy atom. The molecule has 10 heteroatoms. The second-order valence-corrected chi connectivity index (χ2v) is 8.58. The summed E-state index contributed by atoms with van der Waals surface area (Å²) in [7, 11) is 3.35. The third kappa shape index (κ3) is 3.58. The number of amides is 3. The largest absolute Gasteiger partial charge is 0.497 e. The van der Waals surface area contributed by atoms with E-state index in [2.05, 4.69) is 32.8 Å². The second-order valence-electron chi connectivity index (χ2n) is 7.55. The number of nitrogens with one attached hydrogen (secondary N) is 3. The quantitative estimate of drug-likeness (QED) is 0.274. The zero-order valence-electron chi connectivity index (χ0n) is 17.7. The summed E-state index contributed by atoms with van der Waals surface area (Å²) in [5.74, 6) is 5.88. The van der Waals surface area contributed by atoms with Gasteiger partial charge < -0.3 is 25.0 Å². The molecule has 4 N–H and O–H groups in total. The van der Waals surface area contributed by atoms with Crippen molar-refractivity contribution in [1.29, 1.82) is 0 Å². The van der Waals surface area contributed by atoms with Crippen LogP contribution >= 0.6 is 11.3 Å². The van der Waals surface area contributed by atoms with E-state index >= 15 is 0 Å². The number of aromatic hydroxyl groups is 1. The molecule has 1 aliphatic heterocycles. The molecule has 1 saturated heterocycles. The molecule has 0 unspecified atom stereocenters. The number of anilines is 1. The lowest BCUT2D eigenvalue weighted by atomic mass is 9.99. The van der Waals surface area contributed by atoms with Gasteiger partial charge in [-0.15, -0.1) is 0 Å². The Balaban J connectivity index is 1.54. The Kier molecular flexibility index (Phi) is 4.83. The molecule has 2 aromatic heterocycles. The van der Waals surface area contributed by atoms with Crippen molar-refractivity contribution in [3.05, 3.63) is 48.2 Å².